The van der Waals surface area contributed by atoms with Gasteiger partial charge in [0.05, 0.1) is 0 Å². The minimum absolute atomic E-state index is 1.18. The Hall–Kier alpha value is -1.28. The maximum atomic E-state index is 2.61. The van der Waals surface area contributed by atoms with Crippen LogP contribution in [0.5, 0.6) is 0 Å². The number of rotatable bonds is 3. The first kappa shape index (κ1) is 11.8. The molecule has 0 atom stereocenters. The van der Waals surface area contributed by atoms with Crippen molar-refractivity contribution in [3.8, 4) is 0 Å². The molecule has 1 aliphatic heterocycles. The zero-order valence-corrected chi connectivity index (χ0v) is 11.2. The van der Waals surface area contributed by atoms with Crippen molar-refractivity contribution >= 4 is 5.52 Å². The van der Waals surface area contributed by atoms with Gasteiger partial charge in [-0.3, -0.25) is 0 Å². The molecule has 96 valence electrons. The first-order valence-corrected chi connectivity index (χ1v) is 7.11. The van der Waals surface area contributed by atoms with Crippen LogP contribution in [0, 0.1) is 6.92 Å². The zero-order chi connectivity index (χ0) is 12.4. The number of nitrogens with zero attached hydrogens (tertiary/aromatic N) is 2. The number of hydrogen-bond donors (Lipinski definition) is 0. The Bertz CT molecular complexity index is 521. The SMILES string of the molecule is Cc1ccc2c(CCN3CCCCC3)ccn2c1. The van der Waals surface area contributed by atoms with Crippen molar-refractivity contribution in [2.45, 2.75) is 32.6 Å². The molecule has 18 heavy (non-hydrogen) atoms. The summed E-state index contributed by atoms with van der Waals surface area (Å²) in [6, 6.07) is 6.74. The summed E-state index contributed by atoms with van der Waals surface area (Å²) in [4.78, 5) is 2.61. The van der Waals surface area contributed by atoms with E-state index in [9.17, 15) is 0 Å². The topological polar surface area (TPSA) is 7.65 Å². The van der Waals surface area contributed by atoms with E-state index >= 15 is 0 Å². The van der Waals surface area contributed by atoms with Crippen molar-refractivity contribution < 1.29 is 0 Å². The number of pyridine rings is 1. The van der Waals surface area contributed by atoms with Gasteiger partial charge in [-0.05, 0) is 62.5 Å². The smallest absolute Gasteiger partial charge is 0.0482 e. The molecule has 2 nitrogen and oxygen atoms in total. The van der Waals surface area contributed by atoms with Crippen molar-refractivity contribution in [2.75, 3.05) is 19.6 Å². The predicted octanol–water partition coefficient (Wildman–Crippen LogP) is 3.28. The lowest BCUT2D eigenvalue weighted by atomic mass is 10.1. The Balaban J connectivity index is 1.70. The average Bonchev–Trinajstić information content (AvgIpc) is 2.80. The number of hydrogen-bond acceptors (Lipinski definition) is 1. The lowest BCUT2D eigenvalue weighted by Crippen LogP contribution is -2.31. The van der Waals surface area contributed by atoms with E-state index in [0.717, 1.165) is 0 Å². The minimum atomic E-state index is 1.18. The van der Waals surface area contributed by atoms with E-state index in [1.165, 1.54) is 62.0 Å². The molecular formula is C16H22N2. The summed E-state index contributed by atoms with van der Waals surface area (Å²) in [5, 5.41) is 0. The van der Waals surface area contributed by atoms with Gasteiger partial charge in [0.25, 0.3) is 0 Å². The fourth-order valence-electron chi connectivity index (χ4n) is 2.95. The first-order valence-electron chi connectivity index (χ1n) is 7.11. The van der Waals surface area contributed by atoms with Crippen LogP contribution in [0.15, 0.2) is 30.6 Å². The normalized spacial score (nSPS) is 17.4. The number of aromatic nitrogens is 1. The van der Waals surface area contributed by atoms with Crippen LogP contribution in [0.1, 0.15) is 30.4 Å². The van der Waals surface area contributed by atoms with E-state index in [4.69, 9.17) is 0 Å². The third-order valence-electron chi connectivity index (χ3n) is 4.04. The highest BCUT2D eigenvalue weighted by atomic mass is 15.1. The summed E-state index contributed by atoms with van der Waals surface area (Å²) >= 11 is 0. The van der Waals surface area contributed by atoms with Crippen molar-refractivity contribution in [1.29, 1.82) is 0 Å². The summed E-state index contributed by atoms with van der Waals surface area (Å²) in [5.41, 5.74) is 4.18. The van der Waals surface area contributed by atoms with Crippen LogP contribution in [-0.2, 0) is 6.42 Å². The van der Waals surface area contributed by atoms with Gasteiger partial charge in [0.15, 0.2) is 0 Å². The van der Waals surface area contributed by atoms with Crippen LogP contribution in [0.3, 0.4) is 0 Å². The Morgan fingerprint density at radius 3 is 2.72 bits per heavy atom. The molecule has 1 saturated heterocycles. The van der Waals surface area contributed by atoms with Crippen LogP contribution in [0.25, 0.3) is 5.52 Å². The summed E-state index contributed by atoms with van der Waals surface area (Å²) < 4.78 is 2.25. The van der Waals surface area contributed by atoms with E-state index in [1.807, 2.05) is 0 Å². The highest BCUT2D eigenvalue weighted by Crippen LogP contribution is 2.16. The molecule has 0 spiro atoms. The van der Waals surface area contributed by atoms with Crippen molar-refractivity contribution in [1.82, 2.24) is 9.30 Å². The molecule has 0 radical (unpaired) electrons. The molecule has 3 rings (SSSR count). The van der Waals surface area contributed by atoms with E-state index in [0.29, 0.717) is 0 Å². The first-order chi connectivity index (χ1) is 8.83. The standard InChI is InChI=1S/C16H22N2/c1-14-5-6-16-15(8-12-18(16)13-14)7-11-17-9-3-2-4-10-17/h5-6,8,12-13H,2-4,7,9-11H2,1H3. The molecular weight excluding hydrogens is 220 g/mol. The highest BCUT2D eigenvalue weighted by Gasteiger charge is 2.10. The van der Waals surface area contributed by atoms with E-state index < -0.39 is 0 Å². The molecule has 0 aliphatic carbocycles. The van der Waals surface area contributed by atoms with Crippen molar-refractivity contribution in [2.24, 2.45) is 0 Å². The quantitative estimate of drug-likeness (QED) is 0.801. The minimum Gasteiger partial charge on any atom is -0.323 e. The van der Waals surface area contributed by atoms with Gasteiger partial charge in [-0.25, -0.2) is 0 Å². The van der Waals surface area contributed by atoms with Crippen LogP contribution >= 0.6 is 0 Å². The molecule has 0 saturated carbocycles. The van der Waals surface area contributed by atoms with Gasteiger partial charge in [-0.1, -0.05) is 12.5 Å². The Morgan fingerprint density at radius 2 is 1.89 bits per heavy atom. The molecule has 0 amide bonds. The number of piperidine rings is 1. The van der Waals surface area contributed by atoms with Gasteiger partial charge in [-0.2, -0.15) is 0 Å². The average molecular weight is 242 g/mol. The fourth-order valence-corrected chi connectivity index (χ4v) is 2.95. The second kappa shape index (κ2) is 5.15. The third kappa shape index (κ3) is 2.44. The molecule has 1 aliphatic rings. The maximum absolute atomic E-state index is 2.61. The van der Waals surface area contributed by atoms with Gasteiger partial charge >= 0.3 is 0 Å². The number of likely N-dealkylation sites (tertiary alicyclic amines) is 1. The molecule has 1 fully saturated rings. The van der Waals surface area contributed by atoms with Crippen molar-refractivity contribution in [3.63, 3.8) is 0 Å². The molecule has 3 heterocycles. The number of aryl methyl sites for hydroxylation is 1. The summed E-state index contributed by atoms with van der Waals surface area (Å²) in [7, 11) is 0. The largest absolute Gasteiger partial charge is 0.323 e. The Morgan fingerprint density at radius 1 is 1.06 bits per heavy atom. The van der Waals surface area contributed by atoms with Crippen LogP contribution in [0.4, 0.5) is 0 Å². The molecule has 2 aromatic heterocycles. The molecule has 2 aromatic rings. The van der Waals surface area contributed by atoms with Crippen molar-refractivity contribution in [3.05, 3.63) is 41.7 Å². The van der Waals surface area contributed by atoms with E-state index in [1.54, 1.807) is 0 Å². The summed E-state index contributed by atoms with van der Waals surface area (Å²) in [6.07, 6.45) is 9.77. The molecule has 0 bridgehead atoms. The van der Waals surface area contributed by atoms with Gasteiger partial charge in [0.2, 0.25) is 0 Å². The molecule has 0 unspecified atom stereocenters. The maximum Gasteiger partial charge on any atom is 0.0482 e. The lowest BCUT2D eigenvalue weighted by molar-refractivity contribution is 0.231. The Labute approximate surface area is 109 Å². The van der Waals surface area contributed by atoms with Gasteiger partial charge in [0, 0.05) is 24.5 Å². The van der Waals surface area contributed by atoms with Crippen LogP contribution in [-0.4, -0.2) is 28.9 Å². The molecule has 0 aromatic carbocycles. The summed E-state index contributed by atoms with van der Waals surface area (Å²) in [5.74, 6) is 0. The monoisotopic (exact) mass is 242 g/mol. The highest BCUT2D eigenvalue weighted by molar-refractivity contribution is 5.56. The van der Waals surface area contributed by atoms with Crippen LogP contribution < -0.4 is 0 Å². The lowest BCUT2D eigenvalue weighted by Gasteiger charge is -2.26. The number of fused-ring (bicyclic) bond motifs is 1. The molecule has 0 N–H and O–H groups in total. The van der Waals surface area contributed by atoms with Gasteiger partial charge in [0.1, 0.15) is 0 Å². The van der Waals surface area contributed by atoms with Gasteiger partial charge in [-0.15, -0.1) is 0 Å². The summed E-state index contributed by atoms with van der Waals surface area (Å²) in [6.45, 7) is 5.95. The van der Waals surface area contributed by atoms with E-state index in [2.05, 4.69) is 46.8 Å². The second-order valence-corrected chi connectivity index (χ2v) is 5.49. The Kier molecular flexibility index (Phi) is 3.37. The third-order valence-corrected chi connectivity index (χ3v) is 4.04. The zero-order valence-electron chi connectivity index (χ0n) is 11.2. The van der Waals surface area contributed by atoms with Crippen LogP contribution in [0.2, 0.25) is 0 Å². The predicted molar refractivity (Wildman–Crippen MR) is 76.1 cm³/mol. The van der Waals surface area contributed by atoms with Gasteiger partial charge < -0.3 is 9.30 Å². The fraction of sp³-hybridized carbons (Fsp3) is 0.500. The second-order valence-electron chi connectivity index (χ2n) is 5.49. The molecule has 2 heteroatoms. The van der Waals surface area contributed by atoms with E-state index in [-0.39, 0.29) is 0 Å².